The third-order valence-electron chi connectivity index (χ3n) is 7.08. The number of nitrogens with zero attached hydrogens (tertiary/aromatic N) is 4. The standard InChI is InChI=1S/C32H34N4O4/c1-8-11-23(9-2)32(38,24-12-10-15-33-18-24)25-16-22(27-19(3)35-40-20(27)4)17-26-28(25)34-29(21-13-14-21)36(26)30(37)39-31(5,6)7/h9-12,15-18,21,38H,1,13-14H2,2-7H3. The number of ether oxygens (including phenoxy) is 1. The second-order valence-corrected chi connectivity index (χ2v) is 11.2. The molecule has 0 saturated heterocycles. The number of hydrogen-bond acceptors (Lipinski definition) is 7. The van der Waals surface area contributed by atoms with Gasteiger partial charge in [-0.05, 0) is 89.8 Å². The topological polar surface area (TPSA) is 103 Å². The molecule has 0 radical (unpaired) electrons. The lowest BCUT2D eigenvalue weighted by molar-refractivity contribution is 0.0539. The quantitative estimate of drug-likeness (QED) is 0.211. The Kier molecular flexibility index (Phi) is 6.86. The van der Waals surface area contributed by atoms with E-state index in [9.17, 15) is 9.90 Å². The van der Waals surface area contributed by atoms with E-state index in [1.807, 2.05) is 65.8 Å². The summed E-state index contributed by atoms with van der Waals surface area (Å²) in [7, 11) is 0. The van der Waals surface area contributed by atoms with Gasteiger partial charge in [-0.15, -0.1) is 5.73 Å². The van der Waals surface area contributed by atoms with Crippen molar-refractivity contribution in [3.63, 3.8) is 0 Å². The van der Waals surface area contributed by atoms with Crippen molar-refractivity contribution in [3.8, 4) is 11.1 Å². The van der Waals surface area contributed by atoms with Crippen LogP contribution in [0.2, 0.25) is 0 Å². The molecule has 0 aliphatic heterocycles. The fourth-order valence-corrected chi connectivity index (χ4v) is 5.19. The summed E-state index contributed by atoms with van der Waals surface area (Å²) in [4.78, 5) is 23.0. The maximum absolute atomic E-state index is 13.7. The molecule has 4 aromatic rings. The van der Waals surface area contributed by atoms with E-state index >= 15 is 0 Å². The zero-order valence-corrected chi connectivity index (χ0v) is 23.8. The predicted molar refractivity (Wildman–Crippen MR) is 153 cm³/mol. The minimum absolute atomic E-state index is 0.121. The summed E-state index contributed by atoms with van der Waals surface area (Å²) in [6, 6.07) is 7.38. The van der Waals surface area contributed by atoms with Gasteiger partial charge in [0.15, 0.2) is 0 Å². The average Bonchev–Trinajstić information content (AvgIpc) is 3.60. The molecule has 1 aliphatic rings. The van der Waals surface area contributed by atoms with E-state index in [2.05, 4.69) is 22.5 Å². The highest BCUT2D eigenvalue weighted by Gasteiger charge is 2.41. The Morgan fingerprint density at radius 1 is 1.27 bits per heavy atom. The van der Waals surface area contributed by atoms with E-state index in [1.165, 1.54) is 0 Å². The van der Waals surface area contributed by atoms with Gasteiger partial charge in [-0.3, -0.25) is 4.98 Å². The van der Waals surface area contributed by atoms with Gasteiger partial charge in [0, 0.05) is 35.0 Å². The van der Waals surface area contributed by atoms with Crippen LogP contribution in [0.5, 0.6) is 0 Å². The fraction of sp³-hybridized carbons (Fsp3) is 0.344. The molecule has 8 nitrogen and oxygen atoms in total. The Labute approximate surface area is 233 Å². The molecule has 1 aliphatic carbocycles. The number of benzene rings is 1. The molecule has 206 valence electrons. The lowest BCUT2D eigenvalue weighted by Crippen LogP contribution is -2.30. The molecule has 1 atom stereocenters. The molecule has 1 saturated carbocycles. The predicted octanol–water partition coefficient (Wildman–Crippen LogP) is 6.89. The summed E-state index contributed by atoms with van der Waals surface area (Å²) < 4.78 is 12.9. The molecule has 5 rings (SSSR count). The molecular formula is C32H34N4O4. The first-order valence-corrected chi connectivity index (χ1v) is 13.4. The van der Waals surface area contributed by atoms with Gasteiger partial charge < -0.3 is 14.4 Å². The van der Waals surface area contributed by atoms with Crippen LogP contribution < -0.4 is 0 Å². The number of imidazole rings is 1. The third-order valence-corrected chi connectivity index (χ3v) is 7.08. The van der Waals surface area contributed by atoms with Gasteiger partial charge in [0.1, 0.15) is 22.8 Å². The lowest BCUT2D eigenvalue weighted by Gasteiger charge is -2.31. The van der Waals surface area contributed by atoms with Crippen molar-refractivity contribution >= 4 is 17.1 Å². The molecule has 0 amide bonds. The number of allylic oxidation sites excluding steroid dienone is 1. The van der Waals surface area contributed by atoms with Crippen LogP contribution in [0.15, 0.2) is 71.2 Å². The van der Waals surface area contributed by atoms with Crippen molar-refractivity contribution in [3.05, 3.63) is 95.1 Å². The molecule has 1 unspecified atom stereocenters. The lowest BCUT2D eigenvalue weighted by atomic mass is 9.78. The Bertz CT molecular complexity index is 1660. The Balaban J connectivity index is 1.94. The molecule has 3 aromatic heterocycles. The highest BCUT2D eigenvalue weighted by Crippen LogP contribution is 2.46. The number of aryl methyl sites for hydroxylation is 2. The molecule has 1 fully saturated rings. The number of rotatable bonds is 6. The minimum Gasteiger partial charge on any atom is -0.443 e. The van der Waals surface area contributed by atoms with Crippen LogP contribution in [0.25, 0.3) is 22.2 Å². The van der Waals surface area contributed by atoms with Crippen molar-refractivity contribution in [2.45, 2.75) is 71.5 Å². The SMILES string of the molecule is C=C=CC(=CC)C(O)(c1cccnc1)c1cc(-c2c(C)noc2C)cc2c1nc(C1CC1)n2C(=O)OC(C)(C)C. The van der Waals surface area contributed by atoms with Crippen LogP contribution in [0.4, 0.5) is 4.79 Å². The number of pyridine rings is 1. The van der Waals surface area contributed by atoms with Crippen LogP contribution in [0.3, 0.4) is 0 Å². The van der Waals surface area contributed by atoms with Gasteiger partial charge >= 0.3 is 6.09 Å². The summed E-state index contributed by atoms with van der Waals surface area (Å²) in [5.74, 6) is 1.36. The Hall–Kier alpha value is -4.26. The molecule has 40 heavy (non-hydrogen) atoms. The summed E-state index contributed by atoms with van der Waals surface area (Å²) in [6.45, 7) is 14.8. The van der Waals surface area contributed by atoms with Crippen LogP contribution in [0, 0.1) is 13.8 Å². The smallest absolute Gasteiger partial charge is 0.420 e. The Morgan fingerprint density at radius 2 is 2.02 bits per heavy atom. The first-order valence-electron chi connectivity index (χ1n) is 13.4. The number of carbonyl (C=O) groups is 1. The highest BCUT2D eigenvalue weighted by atomic mass is 16.6. The first kappa shape index (κ1) is 27.3. The molecule has 8 heteroatoms. The highest BCUT2D eigenvalue weighted by molar-refractivity contribution is 5.94. The molecule has 1 aromatic carbocycles. The third kappa shape index (κ3) is 4.70. The van der Waals surface area contributed by atoms with Crippen molar-refractivity contribution in [1.82, 2.24) is 19.7 Å². The van der Waals surface area contributed by atoms with Crippen molar-refractivity contribution in [2.24, 2.45) is 0 Å². The van der Waals surface area contributed by atoms with E-state index in [0.29, 0.717) is 45.0 Å². The van der Waals surface area contributed by atoms with Crippen molar-refractivity contribution < 1.29 is 19.2 Å². The summed E-state index contributed by atoms with van der Waals surface area (Å²) in [5.41, 5.74) is 5.18. The summed E-state index contributed by atoms with van der Waals surface area (Å²) in [5, 5.41) is 16.9. The Morgan fingerprint density at radius 3 is 2.58 bits per heavy atom. The number of hydrogen-bond donors (Lipinski definition) is 1. The molecule has 0 bridgehead atoms. The fourth-order valence-electron chi connectivity index (χ4n) is 5.19. The molecule has 0 spiro atoms. The van der Waals surface area contributed by atoms with E-state index < -0.39 is 17.3 Å². The number of aromatic nitrogens is 4. The van der Waals surface area contributed by atoms with Gasteiger partial charge in [0.2, 0.25) is 0 Å². The number of carbonyl (C=O) groups excluding carboxylic acids is 1. The van der Waals surface area contributed by atoms with Crippen LogP contribution in [-0.2, 0) is 10.3 Å². The van der Waals surface area contributed by atoms with Crippen LogP contribution in [-0.4, -0.2) is 36.5 Å². The zero-order chi connectivity index (χ0) is 28.8. The second kappa shape index (κ2) is 10.0. The second-order valence-electron chi connectivity index (χ2n) is 11.2. The maximum Gasteiger partial charge on any atom is 0.420 e. The summed E-state index contributed by atoms with van der Waals surface area (Å²) in [6.07, 6.45) is 8.07. The van der Waals surface area contributed by atoms with Gasteiger partial charge in [0.25, 0.3) is 0 Å². The monoisotopic (exact) mass is 538 g/mol. The van der Waals surface area contributed by atoms with E-state index in [-0.39, 0.29) is 5.92 Å². The summed E-state index contributed by atoms with van der Waals surface area (Å²) >= 11 is 0. The molecule has 1 N–H and O–H groups in total. The molecule has 3 heterocycles. The van der Waals surface area contributed by atoms with Crippen molar-refractivity contribution in [1.29, 1.82) is 0 Å². The largest absolute Gasteiger partial charge is 0.443 e. The van der Waals surface area contributed by atoms with E-state index in [4.69, 9.17) is 14.2 Å². The number of aliphatic hydroxyl groups is 1. The minimum atomic E-state index is -1.70. The molecular weight excluding hydrogens is 504 g/mol. The van der Waals surface area contributed by atoms with Gasteiger partial charge in [-0.25, -0.2) is 14.3 Å². The normalized spacial score (nSPS) is 15.5. The van der Waals surface area contributed by atoms with Gasteiger partial charge in [-0.2, -0.15) is 0 Å². The van der Waals surface area contributed by atoms with Gasteiger partial charge in [-0.1, -0.05) is 23.9 Å². The van der Waals surface area contributed by atoms with Crippen molar-refractivity contribution in [2.75, 3.05) is 0 Å². The van der Waals surface area contributed by atoms with Crippen LogP contribution in [0.1, 0.15) is 74.9 Å². The van der Waals surface area contributed by atoms with Crippen LogP contribution >= 0.6 is 0 Å². The first-order chi connectivity index (χ1) is 19.0. The van der Waals surface area contributed by atoms with Gasteiger partial charge in [0.05, 0.1) is 16.7 Å². The maximum atomic E-state index is 13.7. The average molecular weight is 539 g/mol. The zero-order valence-electron chi connectivity index (χ0n) is 23.8. The number of fused-ring (bicyclic) bond motifs is 1. The van der Waals surface area contributed by atoms with E-state index in [1.54, 1.807) is 29.1 Å². The van der Waals surface area contributed by atoms with E-state index in [0.717, 1.165) is 24.0 Å².